The van der Waals surface area contributed by atoms with Crippen molar-refractivity contribution in [1.82, 2.24) is 4.31 Å². The molecule has 1 fully saturated rings. The number of rotatable bonds is 3. The number of carbonyl (C=O) groups is 1. The first kappa shape index (κ1) is 15.8. The SMILES string of the molecule is CC1(C)CCCN1S(=O)(=O)c1cc(C(=O)O)cc(F)c1F. The fraction of sp³-hybridized carbons (Fsp3) is 0.462. The molecule has 0 saturated carbocycles. The van der Waals surface area contributed by atoms with Crippen LogP contribution in [0.2, 0.25) is 0 Å². The van der Waals surface area contributed by atoms with Crippen LogP contribution in [0.5, 0.6) is 0 Å². The summed E-state index contributed by atoms with van der Waals surface area (Å²) in [7, 11) is -4.30. The second-order valence-corrected chi connectivity index (χ2v) is 7.40. The van der Waals surface area contributed by atoms with Crippen LogP contribution in [0.4, 0.5) is 8.78 Å². The summed E-state index contributed by atoms with van der Waals surface area (Å²) >= 11 is 0. The van der Waals surface area contributed by atoms with Crippen molar-refractivity contribution in [2.75, 3.05) is 6.54 Å². The summed E-state index contributed by atoms with van der Waals surface area (Å²) in [5, 5.41) is 8.86. The summed E-state index contributed by atoms with van der Waals surface area (Å²) in [4.78, 5) is 9.96. The molecule has 5 nitrogen and oxygen atoms in total. The van der Waals surface area contributed by atoms with Crippen LogP contribution in [-0.2, 0) is 10.0 Å². The van der Waals surface area contributed by atoms with Gasteiger partial charge >= 0.3 is 5.97 Å². The van der Waals surface area contributed by atoms with E-state index in [1.807, 2.05) is 0 Å². The average molecular weight is 319 g/mol. The van der Waals surface area contributed by atoms with Gasteiger partial charge in [-0.25, -0.2) is 22.0 Å². The Morgan fingerprint density at radius 3 is 2.43 bits per heavy atom. The van der Waals surface area contributed by atoms with Gasteiger partial charge in [0.1, 0.15) is 4.90 Å². The van der Waals surface area contributed by atoms with Crippen molar-refractivity contribution < 1.29 is 27.1 Å². The first-order chi connectivity index (χ1) is 9.57. The monoisotopic (exact) mass is 319 g/mol. The summed E-state index contributed by atoms with van der Waals surface area (Å²) in [6.45, 7) is 3.56. The number of halogens is 2. The van der Waals surface area contributed by atoms with E-state index in [0.717, 1.165) is 4.31 Å². The Morgan fingerprint density at radius 2 is 1.95 bits per heavy atom. The highest BCUT2D eigenvalue weighted by Gasteiger charge is 2.42. The van der Waals surface area contributed by atoms with E-state index in [-0.39, 0.29) is 6.54 Å². The van der Waals surface area contributed by atoms with Crippen molar-refractivity contribution in [2.45, 2.75) is 37.1 Å². The lowest BCUT2D eigenvalue weighted by atomic mass is 10.0. The molecule has 2 rings (SSSR count). The number of aromatic carboxylic acids is 1. The smallest absolute Gasteiger partial charge is 0.335 e. The maximum absolute atomic E-state index is 13.9. The molecule has 0 bridgehead atoms. The molecular weight excluding hydrogens is 304 g/mol. The van der Waals surface area contributed by atoms with Crippen molar-refractivity contribution in [3.8, 4) is 0 Å². The second kappa shape index (κ2) is 5.03. The Kier molecular flexibility index (Phi) is 3.79. The van der Waals surface area contributed by atoms with Crippen LogP contribution in [-0.4, -0.2) is 35.9 Å². The van der Waals surface area contributed by atoms with Gasteiger partial charge in [0, 0.05) is 12.1 Å². The lowest BCUT2D eigenvalue weighted by Crippen LogP contribution is -2.42. The minimum absolute atomic E-state index is 0.188. The van der Waals surface area contributed by atoms with E-state index >= 15 is 0 Å². The van der Waals surface area contributed by atoms with E-state index in [1.165, 1.54) is 0 Å². The minimum Gasteiger partial charge on any atom is -0.478 e. The van der Waals surface area contributed by atoms with Crippen LogP contribution >= 0.6 is 0 Å². The summed E-state index contributed by atoms with van der Waals surface area (Å²) in [6.07, 6.45) is 1.20. The fourth-order valence-corrected chi connectivity index (χ4v) is 4.47. The molecule has 0 aromatic heterocycles. The van der Waals surface area contributed by atoms with Crippen molar-refractivity contribution >= 4 is 16.0 Å². The van der Waals surface area contributed by atoms with Crippen LogP contribution in [0.15, 0.2) is 17.0 Å². The molecule has 0 radical (unpaired) electrons. The molecule has 0 spiro atoms. The Bertz CT molecular complexity index is 700. The highest BCUT2D eigenvalue weighted by Crippen LogP contribution is 2.35. The van der Waals surface area contributed by atoms with Gasteiger partial charge in [-0.3, -0.25) is 0 Å². The van der Waals surface area contributed by atoms with Gasteiger partial charge in [0.2, 0.25) is 10.0 Å². The number of carboxylic acids is 1. The second-order valence-electron chi connectivity index (χ2n) is 5.57. The molecule has 1 aromatic carbocycles. The number of hydrogen-bond donors (Lipinski definition) is 1. The maximum Gasteiger partial charge on any atom is 0.335 e. The van der Waals surface area contributed by atoms with Crippen LogP contribution in [0.3, 0.4) is 0 Å². The van der Waals surface area contributed by atoms with Gasteiger partial charge in [0.15, 0.2) is 11.6 Å². The van der Waals surface area contributed by atoms with E-state index in [0.29, 0.717) is 25.0 Å². The van der Waals surface area contributed by atoms with E-state index < -0.39 is 43.6 Å². The summed E-state index contributed by atoms with van der Waals surface area (Å²) in [6, 6.07) is 1.12. The molecule has 1 N–H and O–H groups in total. The highest BCUT2D eigenvalue weighted by molar-refractivity contribution is 7.89. The van der Waals surface area contributed by atoms with E-state index in [9.17, 15) is 22.0 Å². The Hall–Kier alpha value is -1.54. The molecule has 116 valence electrons. The zero-order valence-electron chi connectivity index (χ0n) is 11.6. The zero-order valence-corrected chi connectivity index (χ0v) is 12.4. The number of hydrogen-bond acceptors (Lipinski definition) is 3. The van der Waals surface area contributed by atoms with E-state index in [2.05, 4.69) is 0 Å². The topological polar surface area (TPSA) is 74.7 Å². The van der Waals surface area contributed by atoms with Gasteiger partial charge in [-0.15, -0.1) is 0 Å². The zero-order chi connectivity index (χ0) is 16.0. The molecule has 0 aliphatic carbocycles. The maximum atomic E-state index is 13.9. The van der Waals surface area contributed by atoms with E-state index in [4.69, 9.17) is 5.11 Å². The normalized spacial score (nSPS) is 18.9. The summed E-state index contributed by atoms with van der Waals surface area (Å²) < 4.78 is 53.5. The fourth-order valence-electron chi connectivity index (χ4n) is 2.52. The molecule has 1 aliphatic heterocycles. The largest absolute Gasteiger partial charge is 0.478 e. The van der Waals surface area contributed by atoms with Gasteiger partial charge in [-0.1, -0.05) is 0 Å². The first-order valence-corrected chi connectivity index (χ1v) is 7.76. The van der Waals surface area contributed by atoms with Crippen LogP contribution in [0, 0.1) is 11.6 Å². The van der Waals surface area contributed by atoms with Gasteiger partial charge < -0.3 is 5.11 Å². The van der Waals surface area contributed by atoms with Crippen LogP contribution in [0.25, 0.3) is 0 Å². The van der Waals surface area contributed by atoms with Gasteiger partial charge in [-0.05, 0) is 38.8 Å². The third-order valence-electron chi connectivity index (χ3n) is 3.63. The number of nitrogens with zero attached hydrogens (tertiary/aromatic N) is 1. The lowest BCUT2D eigenvalue weighted by Gasteiger charge is -2.30. The Morgan fingerprint density at radius 1 is 1.33 bits per heavy atom. The van der Waals surface area contributed by atoms with Crippen molar-refractivity contribution in [3.63, 3.8) is 0 Å². The van der Waals surface area contributed by atoms with Gasteiger partial charge in [-0.2, -0.15) is 4.31 Å². The molecule has 0 atom stereocenters. The standard InChI is InChI=1S/C13H15F2NO4S/c1-13(2)4-3-5-16(13)21(19,20)10-7-8(12(17)18)6-9(14)11(10)15/h6-7H,3-5H2,1-2H3,(H,17,18). The summed E-state index contributed by atoms with van der Waals surface area (Å²) in [5.41, 5.74) is -1.33. The third kappa shape index (κ3) is 2.65. The van der Waals surface area contributed by atoms with Crippen molar-refractivity contribution in [3.05, 3.63) is 29.3 Å². The van der Waals surface area contributed by atoms with Gasteiger partial charge in [0.05, 0.1) is 5.56 Å². The van der Waals surface area contributed by atoms with Crippen molar-refractivity contribution in [1.29, 1.82) is 0 Å². The minimum atomic E-state index is -4.30. The number of benzene rings is 1. The number of carboxylic acid groups (broad SMARTS) is 1. The predicted molar refractivity (Wildman–Crippen MR) is 70.5 cm³/mol. The van der Waals surface area contributed by atoms with Crippen molar-refractivity contribution in [2.24, 2.45) is 0 Å². The molecule has 0 unspecified atom stereocenters. The van der Waals surface area contributed by atoms with Crippen LogP contribution < -0.4 is 0 Å². The molecule has 1 saturated heterocycles. The number of sulfonamides is 1. The lowest BCUT2D eigenvalue weighted by molar-refractivity contribution is 0.0696. The molecular formula is C13H15F2NO4S. The van der Waals surface area contributed by atoms with Gasteiger partial charge in [0.25, 0.3) is 0 Å². The molecule has 1 aliphatic rings. The quantitative estimate of drug-likeness (QED) is 0.927. The van der Waals surface area contributed by atoms with Crippen LogP contribution in [0.1, 0.15) is 37.0 Å². The molecule has 8 heteroatoms. The van der Waals surface area contributed by atoms with E-state index in [1.54, 1.807) is 13.8 Å². The molecule has 0 amide bonds. The Labute approximate surface area is 121 Å². The summed E-state index contributed by atoms with van der Waals surface area (Å²) in [5.74, 6) is -4.57. The molecule has 21 heavy (non-hydrogen) atoms. The molecule has 1 aromatic rings. The average Bonchev–Trinajstić information content (AvgIpc) is 2.72. The third-order valence-corrected chi connectivity index (χ3v) is 5.74. The first-order valence-electron chi connectivity index (χ1n) is 6.32. The Balaban J connectivity index is 2.62. The molecule has 1 heterocycles. The predicted octanol–water partition coefficient (Wildman–Crippen LogP) is 2.23. The highest BCUT2D eigenvalue weighted by atomic mass is 32.2.